The number of hydrogen-bond acceptors (Lipinski definition) is 3. The predicted octanol–water partition coefficient (Wildman–Crippen LogP) is 2.65. The minimum absolute atomic E-state index is 0.0395. The quantitative estimate of drug-likeness (QED) is 0.876. The summed E-state index contributed by atoms with van der Waals surface area (Å²) in [6.07, 6.45) is 1.96. The van der Waals surface area contributed by atoms with E-state index < -0.39 is 0 Å². The zero-order valence-corrected chi connectivity index (χ0v) is 13.2. The van der Waals surface area contributed by atoms with Crippen LogP contribution in [-0.2, 0) is 4.79 Å². The molecule has 1 aromatic carbocycles. The van der Waals surface area contributed by atoms with Crippen LogP contribution < -0.4 is 15.4 Å². The number of carbonyl (C=O) groups excluding carboxylic acids is 1. The van der Waals surface area contributed by atoms with Crippen molar-refractivity contribution < 1.29 is 9.53 Å². The molecule has 0 bridgehead atoms. The van der Waals surface area contributed by atoms with Gasteiger partial charge < -0.3 is 15.4 Å². The summed E-state index contributed by atoms with van der Waals surface area (Å²) in [5.41, 5.74) is 1.04. The van der Waals surface area contributed by atoms with E-state index in [2.05, 4.69) is 10.6 Å². The van der Waals surface area contributed by atoms with Crippen LogP contribution in [0.2, 0.25) is 0 Å². The van der Waals surface area contributed by atoms with Gasteiger partial charge in [-0.2, -0.15) is 0 Å². The second kappa shape index (κ2) is 7.46. The number of ether oxygens (including phenoxy) is 1. The molecule has 1 aliphatic rings. The van der Waals surface area contributed by atoms with Crippen LogP contribution in [0.15, 0.2) is 24.3 Å². The Labute approximate surface area is 127 Å². The van der Waals surface area contributed by atoms with Crippen LogP contribution >= 0.6 is 0 Å². The van der Waals surface area contributed by atoms with Crippen molar-refractivity contribution in [3.8, 4) is 5.75 Å². The molecule has 1 unspecified atom stereocenters. The summed E-state index contributed by atoms with van der Waals surface area (Å²) in [5.74, 6) is 1.14. The zero-order valence-electron chi connectivity index (χ0n) is 13.2. The molecule has 1 atom stereocenters. The molecule has 1 amide bonds. The maximum absolute atomic E-state index is 12.3. The summed E-state index contributed by atoms with van der Waals surface area (Å²) >= 11 is 0. The molecular formula is C17H26N2O2. The first-order valence-electron chi connectivity index (χ1n) is 7.84. The van der Waals surface area contributed by atoms with Crippen molar-refractivity contribution in [2.45, 2.75) is 45.8 Å². The van der Waals surface area contributed by atoms with Crippen LogP contribution in [0.25, 0.3) is 0 Å². The second-order valence-electron chi connectivity index (χ2n) is 5.96. The van der Waals surface area contributed by atoms with Gasteiger partial charge in [0.05, 0.1) is 12.1 Å². The first kappa shape index (κ1) is 15.8. The third kappa shape index (κ3) is 4.46. The average Bonchev–Trinajstić information content (AvgIpc) is 2.48. The third-order valence-electron chi connectivity index (χ3n) is 3.82. The van der Waals surface area contributed by atoms with Crippen molar-refractivity contribution in [1.82, 2.24) is 10.6 Å². The Bertz CT molecular complexity index is 468. The highest BCUT2D eigenvalue weighted by Crippen LogP contribution is 2.26. The van der Waals surface area contributed by atoms with Crippen molar-refractivity contribution in [2.75, 3.05) is 13.1 Å². The van der Waals surface area contributed by atoms with Crippen LogP contribution in [0.5, 0.6) is 5.75 Å². The Hall–Kier alpha value is -1.55. The molecule has 1 aliphatic heterocycles. The van der Waals surface area contributed by atoms with Crippen LogP contribution in [0, 0.1) is 5.92 Å². The van der Waals surface area contributed by atoms with Gasteiger partial charge in [0.1, 0.15) is 5.75 Å². The van der Waals surface area contributed by atoms with Crippen LogP contribution in [-0.4, -0.2) is 25.1 Å². The molecular weight excluding hydrogens is 264 g/mol. The van der Waals surface area contributed by atoms with E-state index >= 15 is 0 Å². The number of rotatable bonds is 5. The molecule has 1 heterocycles. The molecule has 2 N–H and O–H groups in total. The molecule has 0 saturated carbocycles. The fourth-order valence-electron chi connectivity index (χ4n) is 2.69. The molecule has 1 saturated heterocycles. The number of benzene rings is 1. The lowest BCUT2D eigenvalue weighted by Crippen LogP contribution is -2.39. The largest absolute Gasteiger partial charge is 0.491 e. The van der Waals surface area contributed by atoms with E-state index in [-0.39, 0.29) is 24.0 Å². The Morgan fingerprint density at radius 1 is 1.24 bits per heavy atom. The van der Waals surface area contributed by atoms with Crippen LogP contribution in [0.4, 0.5) is 0 Å². The molecule has 0 aromatic heterocycles. The topological polar surface area (TPSA) is 50.4 Å². The van der Waals surface area contributed by atoms with Gasteiger partial charge in [-0.3, -0.25) is 4.79 Å². The molecule has 1 aromatic rings. The summed E-state index contributed by atoms with van der Waals surface area (Å²) in [7, 11) is 0. The summed E-state index contributed by atoms with van der Waals surface area (Å²) < 4.78 is 5.83. The lowest BCUT2D eigenvalue weighted by Gasteiger charge is -2.25. The molecule has 0 radical (unpaired) electrons. The summed E-state index contributed by atoms with van der Waals surface area (Å²) in [6, 6.07) is 7.88. The molecule has 4 heteroatoms. The van der Waals surface area contributed by atoms with E-state index in [1.807, 2.05) is 45.0 Å². The average molecular weight is 290 g/mol. The van der Waals surface area contributed by atoms with E-state index in [4.69, 9.17) is 4.74 Å². The number of para-hydroxylation sites is 1. The van der Waals surface area contributed by atoms with Gasteiger partial charge in [0.25, 0.3) is 0 Å². The molecule has 0 aliphatic carbocycles. The smallest absolute Gasteiger partial charge is 0.223 e. The summed E-state index contributed by atoms with van der Waals surface area (Å²) in [6.45, 7) is 7.89. The monoisotopic (exact) mass is 290 g/mol. The number of hydrogen-bond donors (Lipinski definition) is 2. The van der Waals surface area contributed by atoms with Gasteiger partial charge >= 0.3 is 0 Å². The van der Waals surface area contributed by atoms with Crippen molar-refractivity contribution in [1.29, 1.82) is 0 Å². The fourth-order valence-corrected chi connectivity index (χ4v) is 2.69. The van der Waals surface area contributed by atoms with Gasteiger partial charge in [-0.05, 0) is 52.8 Å². The molecule has 2 rings (SSSR count). The van der Waals surface area contributed by atoms with E-state index in [9.17, 15) is 4.79 Å². The Kier molecular flexibility index (Phi) is 5.62. The summed E-state index contributed by atoms with van der Waals surface area (Å²) in [4.78, 5) is 12.3. The highest BCUT2D eigenvalue weighted by Gasteiger charge is 2.23. The van der Waals surface area contributed by atoms with Crippen molar-refractivity contribution >= 4 is 5.91 Å². The highest BCUT2D eigenvalue weighted by atomic mass is 16.5. The van der Waals surface area contributed by atoms with Crippen LogP contribution in [0.1, 0.15) is 45.2 Å². The molecule has 0 spiro atoms. The summed E-state index contributed by atoms with van der Waals surface area (Å²) in [5, 5.41) is 6.42. The van der Waals surface area contributed by atoms with E-state index in [0.29, 0.717) is 0 Å². The molecule has 21 heavy (non-hydrogen) atoms. The fraction of sp³-hybridized carbons (Fsp3) is 0.588. The van der Waals surface area contributed by atoms with Gasteiger partial charge in [-0.1, -0.05) is 18.2 Å². The number of piperidine rings is 1. The van der Waals surface area contributed by atoms with Crippen molar-refractivity contribution in [3.63, 3.8) is 0 Å². The molecule has 4 nitrogen and oxygen atoms in total. The van der Waals surface area contributed by atoms with E-state index in [1.54, 1.807) is 0 Å². The first-order valence-corrected chi connectivity index (χ1v) is 7.84. The second-order valence-corrected chi connectivity index (χ2v) is 5.96. The normalized spacial score (nSPS) is 17.5. The highest BCUT2D eigenvalue weighted by molar-refractivity contribution is 5.79. The minimum atomic E-state index is -0.0395. The number of carbonyl (C=O) groups is 1. The van der Waals surface area contributed by atoms with Gasteiger partial charge in [0, 0.05) is 11.5 Å². The van der Waals surface area contributed by atoms with E-state index in [1.165, 1.54) is 0 Å². The maximum Gasteiger partial charge on any atom is 0.223 e. The third-order valence-corrected chi connectivity index (χ3v) is 3.82. The lowest BCUT2D eigenvalue weighted by atomic mass is 9.96. The number of nitrogens with one attached hydrogen (secondary N) is 2. The van der Waals surface area contributed by atoms with E-state index in [0.717, 1.165) is 37.2 Å². The predicted molar refractivity (Wildman–Crippen MR) is 84.4 cm³/mol. The maximum atomic E-state index is 12.3. The van der Waals surface area contributed by atoms with Crippen molar-refractivity contribution in [3.05, 3.63) is 29.8 Å². The standard InChI is InChI=1S/C17H26N2O2/c1-12(2)21-16-7-5-4-6-15(16)13(3)19-17(20)14-8-10-18-11-9-14/h4-7,12-14,18H,8-11H2,1-3H3,(H,19,20). The Morgan fingerprint density at radius 3 is 2.57 bits per heavy atom. The lowest BCUT2D eigenvalue weighted by molar-refractivity contribution is -0.126. The zero-order chi connectivity index (χ0) is 15.2. The minimum Gasteiger partial charge on any atom is -0.491 e. The Morgan fingerprint density at radius 2 is 1.90 bits per heavy atom. The van der Waals surface area contributed by atoms with Crippen molar-refractivity contribution in [2.24, 2.45) is 5.92 Å². The SMILES string of the molecule is CC(C)Oc1ccccc1C(C)NC(=O)C1CCNCC1. The van der Waals surface area contributed by atoms with Gasteiger partial charge in [-0.25, -0.2) is 0 Å². The molecule has 1 fully saturated rings. The Balaban J connectivity index is 2.02. The van der Waals surface area contributed by atoms with Gasteiger partial charge in [-0.15, -0.1) is 0 Å². The first-order chi connectivity index (χ1) is 10.1. The van der Waals surface area contributed by atoms with Gasteiger partial charge in [0.2, 0.25) is 5.91 Å². The number of amides is 1. The molecule has 116 valence electrons. The van der Waals surface area contributed by atoms with Gasteiger partial charge in [0.15, 0.2) is 0 Å². The van der Waals surface area contributed by atoms with Crippen LogP contribution in [0.3, 0.4) is 0 Å².